The van der Waals surface area contributed by atoms with Gasteiger partial charge in [0, 0.05) is 17.1 Å². The van der Waals surface area contributed by atoms with Crippen molar-refractivity contribution in [3.8, 4) is 0 Å². The first-order chi connectivity index (χ1) is 9.97. The zero-order valence-electron chi connectivity index (χ0n) is 12.5. The van der Waals surface area contributed by atoms with Crippen LogP contribution in [0.25, 0.3) is 0 Å². The molecule has 0 saturated carbocycles. The third-order valence-electron chi connectivity index (χ3n) is 3.37. The maximum Gasteiger partial charge on any atom is 0.224 e. The van der Waals surface area contributed by atoms with Crippen LogP contribution < -0.4 is 5.32 Å². The molecular weight excluding hydrogens is 284 g/mol. The van der Waals surface area contributed by atoms with Gasteiger partial charge in [0.25, 0.3) is 0 Å². The number of pyridine rings is 1. The van der Waals surface area contributed by atoms with Crippen molar-refractivity contribution >= 4 is 23.2 Å². The molecule has 1 heterocycles. The van der Waals surface area contributed by atoms with Gasteiger partial charge < -0.3 is 5.32 Å². The first kappa shape index (κ1) is 15.5. The molecule has 3 nitrogen and oxygen atoms in total. The van der Waals surface area contributed by atoms with Crippen LogP contribution >= 0.6 is 11.6 Å². The number of aromatic nitrogens is 1. The summed E-state index contributed by atoms with van der Waals surface area (Å²) in [5, 5.41) is 3.65. The van der Waals surface area contributed by atoms with Crippen LogP contribution in [0, 0.1) is 20.8 Å². The van der Waals surface area contributed by atoms with Gasteiger partial charge in [0.15, 0.2) is 0 Å². The summed E-state index contributed by atoms with van der Waals surface area (Å²) in [4.78, 5) is 16.5. The van der Waals surface area contributed by atoms with Crippen molar-refractivity contribution in [2.75, 3.05) is 5.32 Å². The van der Waals surface area contributed by atoms with E-state index in [1.807, 2.05) is 51.1 Å². The number of benzene rings is 1. The van der Waals surface area contributed by atoms with Crippen LogP contribution in [0.2, 0.25) is 5.02 Å². The van der Waals surface area contributed by atoms with Gasteiger partial charge in [0.2, 0.25) is 5.91 Å². The van der Waals surface area contributed by atoms with Gasteiger partial charge >= 0.3 is 0 Å². The zero-order chi connectivity index (χ0) is 15.4. The van der Waals surface area contributed by atoms with Gasteiger partial charge in [-0.1, -0.05) is 29.8 Å². The van der Waals surface area contributed by atoms with Gasteiger partial charge in [-0.3, -0.25) is 9.78 Å². The van der Waals surface area contributed by atoms with E-state index in [1.165, 1.54) is 0 Å². The molecule has 0 radical (unpaired) electrons. The highest BCUT2D eigenvalue weighted by Gasteiger charge is 2.10. The Morgan fingerprint density at radius 3 is 2.62 bits per heavy atom. The topological polar surface area (TPSA) is 42.0 Å². The maximum atomic E-state index is 12.1. The van der Waals surface area contributed by atoms with E-state index < -0.39 is 0 Å². The van der Waals surface area contributed by atoms with E-state index in [4.69, 9.17) is 11.6 Å². The summed E-state index contributed by atoms with van der Waals surface area (Å²) < 4.78 is 0. The highest BCUT2D eigenvalue weighted by atomic mass is 35.5. The summed E-state index contributed by atoms with van der Waals surface area (Å²) in [6.07, 6.45) is 1.03. The normalized spacial score (nSPS) is 10.5. The molecule has 4 heteroatoms. The second kappa shape index (κ2) is 6.72. The van der Waals surface area contributed by atoms with E-state index in [-0.39, 0.29) is 5.91 Å². The van der Waals surface area contributed by atoms with E-state index in [1.54, 1.807) is 0 Å². The molecule has 0 saturated heterocycles. The predicted molar refractivity (Wildman–Crippen MR) is 86.9 cm³/mol. The van der Waals surface area contributed by atoms with Crippen LogP contribution in [0.5, 0.6) is 0 Å². The van der Waals surface area contributed by atoms with Crippen LogP contribution in [0.15, 0.2) is 30.3 Å². The van der Waals surface area contributed by atoms with Crippen molar-refractivity contribution in [3.63, 3.8) is 0 Å². The van der Waals surface area contributed by atoms with E-state index in [0.29, 0.717) is 17.9 Å². The number of hydrogen-bond donors (Lipinski definition) is 1. The molecule has 1 amide bonds. The number of nitrogens with one attached hydrogen (secondary N) is 1. The number of rotatable bonds is 4. The van der Waals surface area contributed by atoms with Crippen LogP contribution in [0.1, 0.15) is 28.9 Å². The summed E-state index contributed by atoms with van der Waals surface area (Å²) >= 11 is 6.09. The van der Waals surface area contributed by atoms with Crippen LogP contribution in [-0.2, 0) is 11.2 Å². The number of anilines is 1. The third-order valence-corrected chi connectivity index (χ3v) is 3.74. The SMILES string of the molecule is Cc1cc(C)c(NC(=O)CCc2ccccc2Cl)c(C)n1. The molecule has 110 valence electrons. The standard InChI is InChI=1S/C17H19ClN2O/c1-11-10-12(2)19-13(3)17(11)20-16(21)9-8-14-6-4-5-7-15(14)18/h4-7,10H,8-9H2,1-3H3,(H,20,21). The molecule has 0 unspecified atom stereocenters. The summed E-state index contributed by atoms with van der Waals surface area (Å²) in [6.45, 7) is 5.83. The molecule has 21 heavy (non-hydrogen) atoms. The Bertz CT molecular complexity index is 645. The Hall–Kier alpha value is -1.87. The highest BCUT2D eigenvalue weighted by molar-refractivity contribution is 6.31. The monoisotopic (exact) mass is 302 g/mol. The number of amides is 1. The largest absolute Gasteiger partial charge is 0.324 e. The zero-order valence-corrected chi connectivity index (χ0v) is 13.3. The average molecular weight is 303 g/mol. The molecule has 0 bridgehead atoms. The first-order valence-corrected chi connectivity index (χ1v) is 7.33. The molecule has 0 aliphatic heterocycles. The quantitative estimate of drug-likeness (QED) is 0.918. The average Bonchev–Trinajstić information content (AvgIpc) is 2.42. The van der Waals surface area contributed by atoms with Crippen molar-refractivity contribution in [2.24, 2.45) is 0 Å². The molecule has 1 aromatic carbocycles. The fourth-order valence-electron chi connectivity index (χ4n) is 2.36. The lowest BCUT2D eigenvalue weighted by Crippen LogP contribution is -2.15. The first-order valence-electron chi connectivity index (χ1n) is 6.95. The molecule has 2 aromatic rings. The van der Waals surface area contributed by atoms with Crippen LogP contribution in [0.3, 0.4) is 0 Å². The van der Waals surface area contributed by atoms with E-state index in [2.05, 4.69) is 10.3 Å². The van der Waals surface area contributed by atoms with Crippen LogP contribution in [0.4, 0.5) is 5.69 Å². The van der Waals surface area contributed by atoms with E-state index in [0.717, 1.165) is 28.2 Å². The number of carbonyl (C=O) groups excluding carboxylic acids is 1. The van der Waals surface area contributed by atoms with Crippen molar-refractivity contribution in [2.45, 2.75) is 33.6 Å². The predicted octanol–water partition coefficient (Wildman–Crippen LogP) is 4.23. The molecule has 0 aliphatic carbocycles. The van der Waals surface area contributed by atoms with E-state index in [9.17, 15) is 4.79 Å². The maximum absolute atomic E-state index is 12.1. The molecule has 0 fully saturated rings. The van der Waals surface area contributed by atoms with Gasteiger partial charge in [-0.15, -0.1) is 0 Å². The second-order valence-corrected chi connectivity index (χ2v) is 5.59. The Kier molecular flexibility index (Phi) is 4.97. The molecular formula is C17H19ClN2O. The van der Waals surface area contributed by atoms with E-state index >= 15 is 0 Å². The fraction of sp³-hybridized carbons (Fsp3) is 0.294. The Balaban J connectivity index is 2.01. The minimum atomic E-state index is -0.0215. The molecule has 0 spiro atoms. The van der Waals surface area contributed by atoms with Crippen molar-refractivity contribution in [3.05, 3.63) is 57.9 Å². The number of aryl methyl sites for hydroxylation is 4. The van der Waals surface area contributed by atoms with Gasteiger partial charge in [0.1, 0.15) is 0 Å². The molecule has 0 aliphatic rings. The van der Waals surface area contributed by atoms with Gasteiger partial charge in [-0.2, -0.15) is 0 Å². The number of hydrogen-bond acceptors (Lipinski definition) is 2. The Morgan fingerprint density at radius 1 is 1.24 bits per heavy atom. The second-order valence-electron chi connectivity index (χ2n) is 5.18. The number of carbonyl (C=O) groups is 1. The fourth-order valence-corrected chi connectivity index (χ4v) is 2.59. The van der Waals surface area contributed by atoms with Crippen LogP contribution in [-0.4, -0.2) is 10.9 Å². The van der Waals surface area contributed by atoms with Gasteiger partial charge in [-0.25, -0.2) is 0 Å². The number of nitrogens with zero attached hydrogens (tertiary/aromatic N) is 1. The molecule has 0 atom stereocenters. The number of halogens is 1. The lowest BCUT2D eigenvalue weighted by atomic mass is 10.1. The third kappa shape index (κ3) is 4.05. The smallest absolute Gasteiger partial charge is 0.224 e. The summed E-state index contributed by atoms with van der Waals surface area (Å²) in [7, 11) is 0. The summed E-state index contributed by atoms with van der Waals surface area (Å²) in [5.41, 5.74) is 4.64. The van der Waals surface area contributed by atoms with Gasteiger partial charge in [0.05, 0.1) is 11.4 Å². The minimum Gasteiger partial charge on any atom is -0.324 e. The van der Waals surface area contributed by atoms with Crippen molar-refractivity contribution < 1.29 is 4.79 Å². The minimum absolute atomic E-state index is 0.0215. The lowest BCUT2D eigenvalue weighted by Gasteiger charge is -2.12. The highest BCUT2D eigenvalue weighted by Crippen LogP contribution is 2.20. The Morgan fingerprint density at radius 2 is 1.95 bits per heavy atom. The van der Waals surface area contributed by atoms with Crippen molar-refractivity contribution in [1.82, 2.24) is 4.98 Å². The molecule has 1 aromatic heterocycles. The lowest BCUT2D eigenvalue weighted by molar-refractivity contribution is -0.116. The molecule has 1 N–H and O–H groups in total. The summed E-state index contributed by atoms with van der Waals surface area (Å²) in [5.74, 6) is -0.0215. The molecule has 2 rings (SSSR count). The summed E-state index contributed by atoms with van der Waals surface area (Å²) in [6, 6.07) is 9.57. The van der Waals surface area contributed by atoms with Gasteiger partial charge in [-0.05, 0) is 50.5 Å². The Labute approximate surface area is 130 Å². The van der Waals surface area contributed by atoms with Crippen molar-refractivity contribution in [1.29, 1.82) is 0 Å².